The highest BCUT2D eigenvalue weighted by atomic mass is 16.5. The number of carbonyl (C=O) groups is 3. The van der Waals surface area contributed by atoms with Gasteiger partial charge in [0, 0.05) is 12.8 Å². The van der Waals surface area contributed by atoms with Crippen molar-refractivity contribution >= 4 is 17.8 Å². The van der Waals surface area contributed by atoms with Gasteiger partial charge in [-0.2, -0.15) is 0 Å². The van der Waals surface area contributed by atoms with E-state index in [0.717, 1.165) is 70.6 Å². The molecule has 7 nitrogen and oxygen atoms in total. The third-order valence-corrected chi connectivity index (χ3v) is 8.27. The summed E-state index contributed by atoms with van der Waals surface area (Å²) in [6.07, 6.45) is 35.1. The number of nitrogens with one attached hydrogen (secondary N) is 1. The van der Waals surface area contributed by atoms with Crippen LogP contribution in [0.4, 0.5) is 0 Å². The first kappa shape index (κ1) is 42.9. The van der Waals surface area contributed by atoms with E-state index in [1.165, 1.54) is 70.6 Å². The number of carboxylic acid groups (broad SMARTS) is 1. The largest absolute Gasteiger partial charge is 0.480 e. The molecule has 0 aliphatic heterocycles. The Morgan fingerprint density at radius 3 is 1.76 bits per heavy atom. The molecule has 0 saturated carbocycles. The first-order valence-corrected chi connectivity index (χ1v) is 18.7. The smallest absolute Gasteiger partial charge is 0.326 e. The number of hydrogen-bond acceptors (Lipinski definition) is 5. The van der Waals surface area contributed by atoms with Crippen LogP contribution in [0.1, 0.15) is 181 Å². The van der Waals surface area contributed by atoms with Crippen molar-refractivity contribution in [1.82, 2.24) is 5.32 Å². The van der Waals surface area contributed by atoms with Crippen LogP contribution < -0.4 is 11.1 Å². The van der Waals surface area contributed by atoms with Crippen molar-refractivity contribution in [3.63, 3.8) is 0 Å². The molecule has 0 radical (unpaired) electrons. The summed E-state index contributed by atoms with van der Waals surface area (Å²) in [5.74, 6) is -1.28. The Labute approximate surface area is 276 Å². The minimum absolute atomic E-state index is 0.0146. The monoisotopic (exact) mass is 635 g/mol. The van der Waals surface area contributed by atoms with Crippen molar-refractivity contribution in [3.05, 3.63) is 24.3 Å². The van der Waals surface area contributed by atoms with Gasteiger partial charge in [0.1, 0.15) is 12.1 Å². The minimum atomic E-state index is -1.01. The van der Waals surface area contributed by atoms with Crippen molar-refractivity contribution in [2.24, 2.45) is 5.73 Å². The lowest BCUT2D eigenvalue weighted by Gasteiger charge is -2.18. The normalized spacial score (nSPS) is 13.0. The molecule has 2 atom stereocenters. The number of carbonyl (C=O) groups excluding carboxylic acids is 2. The predicted molar refractivity (Wildman–Crippen MR) is 188 cm³/mol. The highest BCUT2D eigenvalue weighted by Gasteiger charge is 2.19. The first-order valence-electron chi connectivity index (χ1n) is 18.7. The highest BCUT2D eigenvalue weighted by Crippen LogP contribution is 2.18. The van der Waals surface area contributed by atoms with Crippen LogP contribution in [-0.2, 0) is 19.1 Å². The van der Waals surface area contributed by atoms with E-state index in [2.05, 4.69) is 43.5 Å². The Hall–Kier alpha value is -2.15. The Kier molecular flexibility index (Phi) is 31.6. The maximum atomic E-state index is 12.6. The molecule has 0 aliphatic carbocycles. The highest BCUT2D eigenvalue weighted by molar-refractivity contribution is 5.83. The molecular weight excluding hydrogens is 564 g/mol. The number of allylic oxidation sites excluding steroid dienone is 4. The molecule has 0 aliphatic rings. The molecule has 0 aromatic heterocycles. The molecule has 2 unspecified atom stereocenters. The Morgan fingerprint density at radius 2 is 1.16 bits per heavy atom. The lowest BCUT2D eigenvalue weighted by Crippen LogP contribution is -2.40. The molecule has 0 heterocycles. The molecule has 0 bridgehead atoms. The summed E-state index contributed by atoms with van der Waals surface area (Å²) < 4.78 is 5.94. The van der Waals surface area contributed by atoms with Crippen LogP contribution >= 0.6 is 0 Å². The van der Waals surface area contributed by atoms with Gasteiger partial charge in [-0.05, 0) is 90.0 Å². The molecule has 0 saturated heterocycles. The van der Waals surface area contributed by atoms with Gasteiger partial charge >= 0.3 is 11.9 Å². The lowest BCUT2D eigenvalue weighted by molar-refractivity contribution is -0.150. The van der Waals surface area contributed by atoms with Crippen LogP contribution in [0.5, 0.6) is 0 Å². The summed E-state index contributed by atoms with van der Waals surface area (Å²) in [4.78, 5) is 36.1. The summed E-state index contributed by atoms with van der Waals surface area (Å²) in [5.41, 5.74) is 5.46. The minimum Gasteiger partial charge on any atom is -0.480 e. The number of esters is 1. The second kappa shape index (κ2) is 33.2. The van der Waals surface area contributed by atoms with Gasteiger partial charge in [0.15, 0.2) is 0 Å². The third-order valence-electron chi connectivity index (χ3n) is 8.27. The van der Waals surface area contributed by atoms with Crippen LogP contribution in [0.15, 0.2) is 24.3 Å². The standard InChI is InChI=1S/C38H70N2O5/c1-3-5-7-9-10-11-12-13-14-15-16-17-18-20-26-32-37(42)45-34(28-23-19-8-6-4-2)29-24-21-22-25-31-36(41)40-35(38(43)44)30-27-33-39/h10-11,13-14,34-35H,3-9,12,15-33,39H2,1-2H3,(H,40,41)(H,43,44)/b11-10-,14-13-. The number of nitrogens with two attached hydrogens (primary N) is 1. The van der Waals surface area contributed by atoms with Crippen LogP contribution in [-0.4, -0.2) is 41.6 Å². The Morgan fingerprint density at radius 1 is 0.644 bits per heavy atom. The molecule has 0 spiro atoms. The van der Waals surface area contributed by atoms with E-state index in [1.54, 1.807) is 0 Å². The zero-order chi connectivity index (χ0) is 33.2. The number of aliphatic carboxylic acids is 1. The molecule has 4 N–H and O–H groups in total. The van der Waals surface area contributed by atoms with E-state index in [-0.39, 0.29) is 18.0 Å². The molecular formula is C38H70N2O5. The second-order valence-electron chi connectivity index (χ2n) is 12.6. The van der Waals surface area contributed by atoms with Gasteiger partial charge in [0.25, 0.3) is 0 Å². The van der Waals surface area contributed by atoms with Crippen LogP contribution in [0.25, 0.3) is 0 Å². The van der Waals surface area contributed by atoms with E-state index in [1.807, 2.05) is 0 Å². The Balaban J connectivity index is 4.15. The van der Waals surface area contributed by atoms with E-state index in [4.69, 9.17) is 10.5 Å². The third kappa shape index (κ3) is 30.3. The van der Waals surface area contributed by atoms with Crippen molar-refractivity contribution in [1.29, 1.82) is 0 Å². The summed E-state index contributed by atoms with van der Waals surface area (Å²) in [5, 5.41) is 11.9. The summed E-state index contributed by atoms with van der Waals surface area (Å²) in [6.45, 7) is 4.86. The molecule has 45 heavy (non-hydrogen) atoms. The fourth-order valence-corrected chi connectivity index (χ4v) is 5.42. The molecule has 262 valence electrons. The maximum absolute atomic E-state index is 12.6. The maximum Gasteiger partial charge on any atom is 0.326 e. The number of hydrogen-bond donors (Lipinski definition) is 3. The van der Waals surface area contributed by atoms with Crippen LogP contribution in [0, 0.1) is 0 Å². The van der Waals surface area contributed by atoms with Gasteiger partial charge in [-0.1, -0.05) is 109 Å². The predicted octanol–water partition coefficient (Wildman–Crippen LogP) is 9.72. The fourth-order valence-electron chi connectivity index (χ4n) is 5.42. The van der Waals surface area contributed by atoms with E-state index in [9.17, 15) is 19.5 Å². The van der Waals surface area contributed by atoms with E-state index >= 15 is 0 Å². The van der Waals surface area contributed by atoms with Crippen LogP contribution in [0.2, 0.25) is 0 Å². The quantitative estimate of drug-likeness (QED) is 0.0376. The average Bonchev–Trinajstić information content (AvgIpc) is 3.02. The number of amides is 1. The lowest BCUT2D eigenvalue weighted by atomic mass is 10.0. The molecule has 0 rings (SSSR count). The van der Waals surface area contributed by atoms with Gasteiger partial charge in [0.2, 0.25) is 5.91 Å². The summed E-state index contributed by atoms with van der Waals surface area (Å²) in [7, 11) is 0. The topological polar surface area (TPSA) is 119 Å². The van der Waals surface area contributed by atoms with Crippen LogP contribution in [0.3, 0.4) is 0 Å². The number of unbranched alkanes of at least 4 members (excludes halogenated alkanes) is 15. The molecule has 1 amide bonds. The van der Waals surface area contributed by atoms with E-state index in [0.29, 0.717) is 32.2 Å². The second-order valence-corrected chi connectivity index (χ2v) is 12.6. The van der Waals surface area contributed by atoms with E-state index < -0.39 is 12.0 Å². The van der Waals surface area contributed by atoms with Gasteiger partial charge < -0.3 is 20.9 Å². The van der Waals surface area contributed by atoms with Crippen molar-refractivity contribution in [2.45, 2.75) is 193 Å². The zero-order valence-corrected chi connectivity index (χ0v) is 29.2. The van der Waals surface area contributed by atoms with Gasteiger partial charge in [0.05, 0.1) is 0 Å². The Bertz CT molecular complexity index is 767. The fraction of sp³-hybridized carbons (Fsp3) is 0.816. The summed E-state index contributed by atoms with van der Waals surface area (Å²) in [6, 6.07) is -0.862. The summed E-state index contributed by atoms with van der Waals surface area (Å²) >= 11 is 0. The SMILES string of the molecule is CCCCC/C=C\C/C=C\CCCCCCCC(=O)OC(CCCCCCC)CCCCCCC(=O)NC(CCCN)C(=O)O. The first-order chi connectivity index (χ1) is 21.9. The molecule has 7 heteroatoms. The molecule has 0 aromatic carbocycles. The molecule has 0 fully saturated rings. The van der Waals surface area contributed by atoms with Crippen molar-refractivity contribution < 1.29 is 24.2 Å². The van der Waals surface area contributed by atoms with Gasteiger partial charge in [-0.25, -0.2) is 4.79 Å². The average molecular weight is 635 g/mol. The number of ether oxygens (including phenoxy) is 1. The van der Waals surface area contributed by atoms with Gasteiger partial charge in [-0.3, -0.25) is 9.59 Å². The van der Waals surface area contributed by atoms with Crippen molar-refractivity contribution in [3.8, 4) is 0 Å². The van der Waals surface area contributed by atoms with Crippen molar-refractivity contribution in [2.75, 3.05) is 6.54 Å². The van der Waals surface area contributed by atoms with Gasteiger partial charge in [-0.15, -0.1) is 0 Å². The number of rotatable bonds is 33. The number of carboxylic acids is 1. The zero-order valence-electron chi connectivity index (χ0n) is 29.2. The molecule has 0 aromatic rings.